The maximum absolute atomic E-state index is 11.2. The lowest BCUT2D eigenvalue weighted by Crippen LogP contribution is -2.37. The number of anilines is 2. The van der Waals surface area contributed by atoms with E-state index in [4.69, 9.17) is 5.73 Å². The molecule has 0 spiro atoms. The minimum atomic E-state index is -0.379. The van der Waals surface area contributed by atoms with Crippen LogP contribution in [0.4, 0.5) is 17.1 Å². The Kier molecular flexibility index (Phi) is 3.90. The maximum Gasteiger partial charge on any atom is 0.315 e. The van der Waals surface area contributed by atoms with Gasteiger partial charge in [0, 0.05) is 19.1 Å². The highest BCUT2D eigenvalue weighted by atomic mass is 16.6. The number of nitrogens with two attached hydrogens (primary N) is 1. The average Bonchev–Trinajstić information content (AvgIpc) is 2.75. The van der Waals surface area contributed by atoms with Crippen LogP contribution in [0, 0.1) is 10.1 Å². The quantitative estimate of drug-likeness (QED) is 0.509. The molecule has 2 rings (SSSR count). The van der Waals surface area contributed by atoms with Gasteiger partial charge in [-0.05, 0) is 39.1 Å². The van der Waals surface area contributed by atoms with Crippen LogP contribution in [0.1, 0.15) is 12.8 Å². The molecule has 1 saturated heterocycles. The molecular formula is C13H20N4O2. The van der Waals surface area contributed by atoms with Crippen LogP contribution >= 0.6 is 0 Å². The number of rotatable bonds is 4. The van der Waals surface area contributed by atoms with E-state index >= 15 is 0 Å². The Hall–Kier alpha value is -1.82. The van der Waals surface area contributed by atoms with E-state index in [0.717, 1.165) is 25.9 Å². The van der Waals surface area contributed by atoms with Crippen LogP contribution in [0.25, 0.3) is 0 Å². The summed E-state index contributed by atoms with van der Waals surface area (Å²) in [5.74, 6) is 0. The van der Waals surface area contributed by atoms with E-state index < -0.39 is 0 Å². The van der Waals surface area contributed by atoms with Gasteiger partial charge in [0.25, 0.3) is 0 Å². The molecule has 1 unspecified atom stereocenters. The first kappa shape index (κ1) is 13.6. The van der Waals surface area contributed by atoms with Crippen LogP contribution in [0.2, 0.25) is 0 Å². The van der Waals surface area contributed by atoms with E-state index in [9.17, 15) is 10.1 Å². The normalized spacial score (nSPS) is 19.1. The lowest BCUT2D eigenvalue weighted by atomic mass is 10.1. The Morgan fingerprint density at radius 1 is 1.53 bits per heavy atom. The van der Waals surface area contributed by atoms with Crippen LogP contribution in [0.3, 0.4) is 0 Å². The Labute approximate surface area is 112 Å². The smallest absolute Gasteiger partial charge is 0.315 e. The molecule has 1 aromatic carbocycles. The minimum absolute atomic E-state index is 0.0353. The summed E-state index contributed by atoms with van der Waals surface area (Å²) >= 11 is 0. The lowest BCUT2D eigenvalue weighted by Gasteiger charge is -2.28. The largest absolute Gasteiger partial charge is 0.393 e. The fourth-order valence-electron chi connectivity index (χ4n) is 2.74. The second-order valence-corrected chi connectivity index (χ2v) is 5.22. The summed E-state index contributed by atoms with van der Waals surface area (Å²) in [7, 11) is 4.04. The Morgan fingerprint density at radius 2 is 2.26 bits per heavy atom. The van der Waals surface area contributed by atoms with Gasteiger partial charge in [-0.25, -0.2) is 0 Å². The molecule has 19 heavy (non-hydrogen) atoms. The zero-order valence-electron chi connectivity index (χ0n) is 11.4. The molecule has 0 saturated carbocycles. The van der Waals surface area contributed by atoms with Crippen LogP contribution < -0.4 is 10.6 Å². The van der Waals surface area contributed by atoms with E-state index in [2.05, 4.69) is 9.80 Å². The van der Waals surface area contributed by atoms with Gasteiger partial charge in [0.1, 0.15) is 11.4 Å². The number of likely N-dealkylation sites (N-methyl/N-ethyl adjacent to an activating group) is 1. The van der Waals surface area contributed by atoms with Gasteiger partial charge in [-0.2, -0.15) is 0 Å². The molecule has 1 aliphatic heterocycles. The van der Waals surface area contributed by atoms with Crippen molar-refractivity contribution in [2.24, 2.45) is 0 Å². The molecule has 1 aromatic rings. The summed E-state index contributed by atoms with van der Waals surface area (Å²) in [6.07, 6.45) is 2.12. The zero-order chi connectivity index (χ0) is 14.0. The second-order valence-electron chi connectivity index (χ2n) is 5.22. The van der Waals surface area contributed by atoms with E-state index in [1.54, 1.807) is 18.2 Å². The topological polar surface area (TPSA) is 75.6 Å². The summed E-state index contributed by atoms with van der Waals surface area (Å²) in [5, 5.41) is 11.2. The average molecular weight is 264 g/mol. The van der Waals surface area contributed by atoms with Gasteiger partial charge in [-0.15, -0.1) is 0 Å². The van der Waals surface area contributed by atoms with Gasteiger partial charge in [0.15, 0.2) is 0 Å². The summed E-state index contributed by atoms with van der Waals surface area (Å²) in [4.78, 5) is 15.1. The highest BCUT2D eigenvalue weighted by molar-refractivity contribution is 5.75. The fraction of sp³-hybridized carbons (Fsp3) is 0.538. The number of nitrogens with zero attached hydrogens (tertiary/aromatic N) is 3. The standard InChI is InChI=1S/C13H20N4O2/c1-15(2)9-10-5-4-8-16(10)12-7-3-6-11(14)13(12)17(18)19/h3,6-7,10H,4-5,8-9,14H2,1-2H3. The molecule has 0 aliphatic carbocycles. The molecule has 1 fully saturated rings. The highest BCUT2D eigenvalue weighted by Gasteiger charge is 2.31. The molecule has 0 radical (unpaired) electrons. The van der Waals surface area contributed by atoms with E-state index in [0.29, 0.717) is 11.7 Å². The van der Waals surface area contributed by atoms with Crippen molar-refractivity contribution in [3.05, 3.63) is 28.3 Å². The van der Waals surface area contributed by atoms with Crippen molar-refractivity contribution in [1.29, 1.82) is 0 Å². The second kappa shape index (κ2) is 5.44. The Balaban J connectivity index is 2.35. The number of nitro benzene ring substituents is 1. The van der Waals surface area contributed by atoms with Crippen molar-refractivity contribution in [3.8, 4) is 0 Å². The van der Waals surface area contributed by atoms with Gasteiger partial charge in [-0.1, -0.05) is 6.07 Å². The summed E-state index contributed by atoms with van der Waals surface area (Å²) < 4.78 is 0. The fourth-order valence-corrected chi connectivity index (χ4v) is 2.74. The van der Waals surface area contributed by atoms with Crippen LogP contribution in [-0.2, 0) is 0 Å². The van der Waals surface area contributed by atoms with Crippen LogP contribution in [-0.4, -0.2) is 43.0 Å². The van der Waals surface area contributed by atoms with Gasteiger partial charge < -0.3 is 15.5 Å². The maximum atomic E-state index is 11.2. The molecule has 0 aromatic heterocycles. The first-order chi connectivity index (χ1) is 9.00. The summed E-state index contributed by atoms with van der Waals surface area (Å²) in [6, 6.07) is 5.47. The number of para-hydroxylation sites is 1. The molecule has 6 nitrogen and oxygen atoms in total. The molecule has 0 amide bonds. The first-order valence-corrected chi connectivity index (χ1v) is 6.45. The summed E-state index contributed by atoms with van der Waals surface area (Å²) in [6.45, 7) is 1.74. The van der Waals surface area contributed by atoms with Crippen molar-refractivity contribution in [1.82, 2.24) is 4.90 Å². The molecular weight excluding hydrogens is 244 g/mol. The molecule has 2 N–H and O–H groups in total. The third-order valence-electron chi connectivity index (χ3n) is 3.49. The summed E-state index contributed by atoms with van der Waals surface area (Å²) in [5.41, 5.74) is 6.67. The number of nitrogen functional groups attached to an aromatic ring is 1. The minimum Gasteiger partial charge on any atom is -0.393 e. The predicted octanol–water partition coefficient (Wildman–Crippen LogP) is 1.71. The predicted molar refractivity (Wildman–Crippen MR) is 76.4 cm³/mol. The van der Waals surface area contributed by atoms with Gasteiger partial charge >= 0.3 is 5.69 Å². The van der Waals surface area contributed by atoms with Crippen molar-refractivity contribution >= 4 is 17.1 Å². The van der Waals surface area contributed by atoms with Crippen LogP contribution in [0.15, 0.2) is 18.2 Å². The Bertz CT molecular complexity index is 476. The van der Waals surface area contributed by atoms with E-state index in [1.165, 1.54) is 0 Å². The molecule has 0 bridgehead atoms. The molecule has 1 aliphatic rings. The number of hydrogen-bond acceptors (Lipinski definition) is 5. The van der Waals surface area contributed by atoms with Crippen molar-refractivity contribution in [2.45, 2.75) is 18.9 Å². The van der Waals surface area contributed by atoms with Crippen molar-refractivity contribution < 1.29 is 4.92 Å². The number of nitro groups is 1. The van der Waals surface area contributed by atoms with E-state index in [1.807, 2.05) is 14.1 Å². The first-order valence-electron chi connectivity index (χ1n) is 6.45. The van der Waals surface area contributed by atoms with Crippen molar-refractivity contribution in [3.63, 3.8) is 0 Å². The number of benzene rings is 1. The van der Waals surface area contributed by atoms with Crippen LogP contribution in [0.5, 0.6) is 0 Å². The third-order valence-corrected chi connectivity index (χ3v) is 3.49. The lowest BCUT2D eigenvalue weighted by molar-refractivity contribution is -0.383. The molecule has 1 atom stereocenters. The van der Waals surface area contributed by atoms with Crippen molar-refractivity contribution in [2.75, 3.05) is 37.8 Å². The Morgan fingerprint density at radius 3 is 2.89 bits per heavy atom. The highest BCUT2D eigenvalue weighted by Crippen LogP contribution is 2.37. The molecule has 1 heterocycles. The third kappa shape index (κ3) is 2.78. The molecule has 104 valence electrons. The van der Waals surface area contributed by atoms with Gasteiger partial charge in [0.2, 0.25) is 0 Å². The monoisotopic (exact) mass is 264 g/mol. The molecule has 6 heteroatoms. The zero-order valence-corrected chi connectivity index (χ0v) is 11.4. The number of hydrogen-bond donors (Lipinski definition) is 1. The SMILES string of the molecule is CN(C)CC1CCCN1c1cccc(N)c1[N+](=O)[O-]. The van der Waals surface area contributed by atoms with Gasteiger partial charge in [0.05, 0.1) is 4.92 Å². The van der Waals surface area contributed by atoms with Gasteiger partial charge in [-0.3, -0.25) is 10.1 Å². The van der Waals surface area contributed by atoms with E-state index in [-0.39, 0.29) is 16.3 Å².